The van der Waals surface area contributed by atoms with Crippen LogP contribution in [0.3, 0.4) is 0 Å². The largest absolute Gasteiger partial charge is 1.00 e. The van der Waals surface area contributed by atoms with Gasteiger partial charge in [0, 0.05) is 5.10 Å². The predicted octanol–water partition coefficient (Wildman–Crippen LogP) is -0.895. The van der Waals surface area contributed by atoms with E-state index in [0.29, 0.717) is 0 Å². The molecule has 0 atom stereocenters. The van der Waals surface area contributed by atoms with E-state index in [2.05, 4.69) is 22.3 Å². The van der Waals surface area contributed by atoms with Crippen LogP contribution in [0.15, 0.2) is 78.4 Å². The molecule has 0 aliphatic heterocycles. The molecule has 0 bridgehead atoms. The van der Waals surface area contributed by atoms with Crippen LogP contribution in [0.4, 0.5) is 0 Å². The van der Waals surface area contributed by atoms with Crippen LogP contribution >= 0.6 is 0 Å². The lowest BCUT2D eigenvalue weighted by atomic mass is 10.2. The Hall–Kier alpha value is -2.46. The molecule has 1 heterocycles. The van der Waals surface area contributed by atoms with E-state index in [1.54, 1.807) is 11.0 Å². The van der Waals surface area contributed by atoms with Crippen LogP contribution in [0.2, 0.25) is 0 Å². The summed E-state index contributed by atoms with van der Waals surface area (Å²) in [4.78, 5) is 0. The van der Waals surface area contributed by atoms with E-state index >= 15 is 0 Å². The van der Waals surface area contributed by atoms with Crippen LogP contribution in [0.25, 0.3) is 0 Å². The highest BCUT2D eigenvalue weighted by Crippen LogP contribution is 1.99. The molecule has 0 amide bonds. The topological polar surface area (TPSA) is 34.1 Å². The lowest BCUT2D eigenvalue weighted by molar-refractivity contribution is -0.679. The van der Waals surface area contributed by atoms with Gasteiger partial charge < -0.3 is 12.4 Å². The second kappa shape index (κ2) is 7.36. The molecule has 4 nitrogen and oxygen atoms in total. The van der Waals surface area contributed by atoms with Gasteiger partial charge in [0.25, 0.3) is 6.33 Å². The van der Waals surface area contributed by atoms with Crippen molar-refractivity contribution in [2.75, 3.05) is 0 Å². The fraction of sp³-hybridized carbons (Fsp3) is 0.0625. The molecule has 21 heavy (non-hydrogen) atoms. The molecule has 3 aromatic rings. The average Bonchev–Trinajstić information content (AvgIpc) is 2.95. The fourth-order valence-electron chi connectivity index (χ4n) is 1.90. The molecule has 0 spiro atoms. The minimum Gasteiger partial charge on any atom is -1.00 e. The summed E-state index contributed by atoms with van der Waals surface area (Å²) in [6.07, 6.45) is 5.38. The maximum atomic E-state index is 4.35. The van der Waals surface area contributed by atoms with E-state index in [-0.39, 0.29) is 12.4 Å². The lowest BCUT2D eigenvalue weighted by Gasteiger charge is -1.93. The van der Waals surface area contributed by atoms with Gasteiger partial charge >= 0.3 is 0 Å². The van der Waals surface area contributed by atoms with Gasteiger partial charge in [-0.05, 0) is 11.1 Å². The van der Waals surface area contributed by atoms with Crippen LogP contribution in [-0.2, 0) is 6.54 Å². The molecule has 106 valence electrons. The smallest absolute Gasteiger partial charge is 0.289 e. The third-order valence-corrected chi connectivity index (χ3v) is 2.90. The van der Waals surface area contributed by atoms with Gasteiger partial charge in [0.1, 0.15) is 6.54 Å². The van der Waals surface area contributed by atoms with Crippen molar-refractivity contribution in [3.8, 4) is 0 Å². The molecule has 0 saturated heterocycles. The Kier molecular flexibility index (Phi) is 5.23. The average molecular weight is 299 g/mol. The fourth-order valence-corrected chi connectivity index (χ4v) is 1.90. The van der Waals surface area contributed by atoms with Crippen molar-refractivity contribution in [2.24, 2.45) is 5.10 Å². The van der Waals surface area contributed by atoms with Crippen molar-refractivity contribution in [3.05, 3.63) is 84.4 Å². The van der Waals surface area contributed by atoms with Gasteiger partial charge in [0.05, 0.1) is 6.21 Å². The molecule has 0 unspecified atom stereocenters. The summed E-state index contributed by atoms with van der Waals surface area (Å²) >= 11 is 0. The number of rotatable bonds is 4. The molecule has 0 fully saturated rings. The maximum absolute atomic E-state index is 4.35. The van der Waals surface area contributed by atoms with Crippen LogP contribution in [0, 0.1) is 0 Å². The number of halogens is 1. The molecule has 0 N–H and O–H groups in total. The maximum Gasteiger partial charge on any atom is 0.289 e. The van der Waals surface area contributed by atoms with E-state index in [4.69, 9.17) is 0 Å². The number of benzene rings is 2. The minimum atomic E-state index is 0. The molecule has 0 saturated carbocycles. The van der Waals surface area contributed by atoms with Gasteiger partial charge in [0.15, 0.2) is 0 Å². The van der Waals surface area contributed by atoms with Gasteiger partial charge in [-0.2, -0.15) is 0 Å². The first-order valence-corrected chi connectivity index (χ1v) is 6.47. The normalized spacial score (nSPS) is 10.5. The van der Waals surface area contributed by atoms with Crippen LogP contribution < -0.4 is 17.1 Å². The van der Waals surface area contributed by atoms with Gasteiger partial charge in [0.2, 0.25) is 6.33 Å². The standard InChI is InChI=1S/C16H15N4.ClH/c1-3-7-15(8-4-1)11-17-20-13-18-19(14-20)12-16-9-5-2-6-10-16;/h1-11,13-14H,12H2;1H/q+1;/p-1/b17-11-;. The zero-order valence-corrected chi connectivity index (χ0v) is 12.1. The second-order valence-electron chi connectivity index (χ2n) is 4.46. The zero-order valence-electron chi connectivity index (χ0n) is 11.4. The van der Waals surface area contributed by atoms with Gasteiger partial charge in [-0.3, -0.25) is 0 Å². The third kappa shape index (κ3) is 4.26. The summed E-state index contributed by atoms with van der Waals surface area (Å²) in [6.45, 7) is 0.745. The van der Waals surface area contributed by atoms with Crippen LogP contribution in [-0.4, -0.2) is 16.0 Å². The molecule has 0 aliphatic carbocycles. The molecule has 3 rings (SSSR count). The van der Waals surface area contributed by atoms with Gasteiger partial charge in [-0.25, -0.2) is 0 Å². The van der Waals surface area contributed by atoms with E-state index in [9.17, 15) is 0 Å². The first kappa shape index (κ1) is 14.9. The number of hydrogen-bond donors (Lipinski definition) is 0. The minimum absolute atomic E-state index is 0. The lowest BCUT2D eigenvalue weighted by Crippen LogP contribution is -3.00. The molecule has 5 heteroatoms. The van der Waals surface area contributed by atoms with Crippen molar-refractivity contribution in [1.29, 1.82) is 0 Å². The highest BCUT2D eigenvalue weighted by Gasteiger charge is 2.05. The first-order chi connectivity index (χ1) is 9.90. The SMILES string of the molecule is C(=N/[n+]1cnn(Cc2ccccc2)c1)/c1ccccc1.[Cl-]. The quantitative estimate of drug-likeness (QED) is 0.454. The van der Waals surface area contributed by atoms with Crippen molar-refractivity contribution in [2.45, 2.75) is 6.54 Å². The summed E-state index contributed by atoms with van der Waals surface area (Å²) in [7, 11) is 0. The Morgan fingerprint density at radius 1 is 1.00 bits per heavy atom. The first-order valence-electron chi connectivity index (χ1n) is 6.47. The van der Waals surface area contributed by atoms with Gasteiger partial charge in [-0.15, -0.1) is 14.5 Å². The number of hydrogen-bond acceptors (Lipinski definition) is 2. The predicted molar refractivity (Wildman–Crippen MR) is 77.4 cm³/mol. The zero-order chi connectivity index (χ0) is 13.6. The highest BCUT2D eigenvalue weighted by molar-refractivity contribution is 5.78. The summed E-state index contributed by atoms with van der Waals surface area (Å²) in [5.41, 5.74) is 2.28. The van der Waals surface area contributed by atoms with Crippen LogP contribution in [0.1, 0.15) is 11.1 Å². The van der Waals surface area contributed by atoms with E-state index < -0.39 is 0 Å². The summed E-state index contributed by atoms with van der Waals surface area (Å²) in [5, 5.41) is 8.64. The van der Waals surface area contributed by atoms with Crippen molar-refractivity contribution >= 4 is 6.21 Å². The molecule has 0 radical (unpaired) electrons. The van der Waals surface area contributed by atoms with E-state index in [0.717, 1.165) is 12.1 Å². The molecule has 2 aromatic carbocycles. The summed E-state index contributed by atoms with van der Waals surface area (Å²) in [5.74, 6) is 0. The molecule has 1 aromatic heterocycles. The second-order valence-corrected chi connectivity index (χ2v) is 4.46. The number of aromatic nitrogens is 3. The van der Waals surface area contributed by atoms with Crippen LogP contribution in [0.5, 0.6) is 0 Å². The van der Waals surface area contributed by atoms with Crippen molar-refractivity contribution in [1.82, 2.24) is 9.78 Å². The van der Waals surface area contributed by atoms with E-state index in [1.807, 2.05) is 65.8 Å². The number of nitrogens with zero attached hydrogens (tertiary/aromatic N) is 4. The Labute approximate surface area is 129 Å². The summed E-state index contributed by atoms with van der Waals surface area (Å²) < 4.78 is 3.56. The molecule has 0 aliphatic rings. The Balaban J connectivity index is 0.00000161. The van der Waals surface area contributed by atoms with Crippen molar-refractivity contribution in [3.63, 3.8) is 0 Å². The molecular formula is C16H15ClN4. The van der Waals surface area contributed by atoms with Crippen molar-refractivity contribution < 1.29 is 17.1 Å². The highest BCUT2D eigenvalue weighted by atomic mass is 35.5. The molecular weight excluding hydrogens is 284 g/mol. The Morgan fingerprint density at radius 3 is 2.38 bits per heavy atom. The Bertz CT molecular complexity index is 693. The van der Waals surface area contributed by atoms with Gasteiger partial charge in [-0.1, -0.05) is 60.7 Å². The Morgan fingerprint density at radius 2 is 1.67 bits per heavy atom. The van der Waals surface area contributed by atoms with E-state index in [1.165, 1.54) is 5.56 Å². The monoisotopic (exact) mass is 298 g/mol. The third-order valence-electron chi connectivity index (χ3n) is 2.90. The summed E-state index contributed by atoms with van der Waals surface area (Å²) in [6, 6.07) is 20.2.